The maximum Gasteiger partial charge on any atom is 0.228 e. The van der Waals surface area contributed by atoms with Crippen molar-refractivity contribution in [3.63, 3.8) is 0 Å². The van der Waals surface area contributed by atoms with Crippen molar-refractivity contribution in [2.24, 2.45) is 0 Å². The maximum atomic E-state index is 11.7. The van der Waals surface area contributed by atoms with Crippen molar-refractivity contribution in [2.75, 3.05) is 24.6 Å². The molecule has 1 fully saturated rings. The summed E-state index contributed by atoms with van der Waals surface area (Å²) >= 11 is 0. The average Bonchev–Trinajstić information content (AvgIpc) is 3.19. The fourth-order valence-corrected chi connectivity index (χ4v) is 4.71. The first-order valence-electron chi connectivity index (χ1n) is 8.01. The summed E-state index contributed by atoms with van der Waals surface area (Å²) in [5.41, 5.74) is 0.914. The molecule has 0 amide bonds. The summed E-state index contributed by atoms with van der Waals surface area (Å²) in [5.74, 6) is 1.62. The van der Waals surface area contributed by atoms with E-state index in [1.165, 1.54) is 0 Å². The zero-order valence-corrected chi connectivity index (χ0v) is 14.3. The molecule has 0 saturated carbocycles. The molecule has 0 bridgehead atoms. The topological polar surface area (TPSA) is 76.3 Å². The zero-order valence-electron chi connectivity index (χ0n) is 13.5. The molecule has 128 valence electrons. The van der Waals surface area contributed by atoms with Gasteiger partial charge in [0.25, 0.3) is 0 Å². The molecule has 2 heterocycles. The molecule has 0 N–H and O–H groups in total. The van der Waals surface area contributed by atoms with Gasteiger partial charge in [-0.2, -0.15) is 4.98 Å². The van der Waals surface area contributed by atoms with E-state index >= 15 is 0 Å². The van der Waals surface area contributed by atoms with E-state index < -0.39 is 9.84 Å². The van der Waals surface area contributed by atoms with E-state index in [1.54, 1.807) is 6.08 Å². The molecule has 1 unspecified atom stereocenters. The van der Waals surface area contributed by atoms with Gasteiger partial charge in [0.05, 0.1) is 11.5 Å². The fraction of sp³-hybridized carbons (Fsp3) is 0.412. The van der Waals surface area contributed by atoms with Crippen LogP contribution in [0.1, 0.15) is 12.3 Å². The minimum Gasteiger partial charge on any atom is -0.339 e. The predicted octanol–water partition coefficient (Wildman–Crippen LogP) is 1.95. The van der Waals surface area contributed by atoms with Gasteiger partial charge in [-0.3, -0.25) is 4.90 Å². The van der Waals surface area contributed by atoms with Gasteiger partial charge in [-0.1, -0.05) is 41.6 Å². The Morgan fingerprint density at radius 3 is 2.79 bits per heavy atom. The lowest BCUT2D eigenvalue weighted by Gasteiger charge is -2.25. The Kier molecular flexibility index (Phi) is 5.11. The van der Waals surface area contributed by atoms with E-state index in [1.807, 2.05) is 30.3 Å². The monoisotopic (exact) mass is 347 g/mol. The number of hydrogen-bond acceptors (Lipinski definition) is 6. The van der Waals surface area contributed by atoms with Crippen LogP contribution >= 0.6 is 0 Å². The zero-order chi connectivity index (χ0) is 17.0. The highest BCUT2D eigenvalue weighted by Gasteiger charge is 2.31. The van der Waals surface area contributed by atoms with Crippen molar-refractivity contribution < 1.29 is 12.9 Å². The second-order valence-electron chi connectivity index (χ2n) is 5.97. The van der Waals surface area contributed by atoms with E-state index in [9.17, 15) is 8.42 Å². The van der Waals surface area contributed by atoms with Crippen LogP contribution in [0.15, 0.2) is 47.5 Å². The summed E-state index contributed by atoms with van der Waals surface area (Å²) in [6.45, 7) is 5.09. The summed E-state index contributed by atoms with van der Waals surface area (Å²) in [6.07, 6.45) is 3.06. The first kappa shape index (κ1) is 16.9. The summed E-state index contributed by atoms with van der Waals surface area (Å²) in [6, 6.07) is 9.71. The molecule has 0 aliphatic carbocycles. The SMILES string of the molecule is C=CCN(CCc1nc(-c2ccccc2)no1)C1CCS(=O)(=O)C1. The third-order valence-corrected chi connectivity index (χ3v) is 5.95. The number of hydrogen-bond donors (Lipinski definition) is 0. The van der Waals surface area contributed by atoms with Crippen LogP contribution in [0, 0.1) is 0 Å². The lowest BCUT2D eigenvalue weighted by molar-refractivity contribution is 0.228. The second-order valence-corrected chi connectivity index (χ2v) is 8.20. The minimum atomic E-state index is -2.90. The summed E-state index contributed by atoms with van der Waals surface area (Å²) in [5, 5.41) is 4.01. The van der Waals surface area contributed by atoms with E-state index in [-0.39, 0.29) is 17.5 Å². The number of nitrogens with zero attached hydrogens (tertiary/aromatic N) is 3. The molecule has 2 aromatic rings. The van der Waals surface area contributed by atoms with Crippen LogP contribution in [0.3, 0.4) is 0 Å². The molecule has 0 spiro atoms. The molecular formula is C17H21N3O3S. The number of aromatic nitrogens is 2. The molecule has 7 heteroatoms. The smallest absolute Gasteiger partial charge is 0.228 e. The van der Waals surface area contributed by atoms with Gasteiger partial charge in [0, 0.05) is 31.1 Å². The van der Waals surface area contributed by atoms with E-state index in [4.69, 9.17) is 4.52 Å². The van der Waals surface area contributed by atoms with Crippen LogP contribution in [0.25, 0.3) is 11.4 Å². The Morgan fingerprint density at radius 1 is 1.33 bits per heavy atom. The van der Waals surface area contributed by atoms with E-state index in [2.05, 4.69) is 21.6 Å². The number of sulfone groups is 1. The van der Waals surface area contributed by atoms with Crippen molar-refractivity contribution in [3.8, 4) is 11.4 Å². The van der Waals surface area contributed by atoms with Crippen molar-refractivity contribution in [1.29, 1.82) is 0 Å². The van der Waals surface area contributed by atoms with E-state index in [0.29, 0.717) is 37.6 Å². The van der Waals surface area contributed by atoms with E-state index in [0.717, 1.165) is 5.56 Å². The number of benzene rings is 1. The first-order chi connectivity index (χ1) is 11.6. The third-order valence-electron chi connectivity index (χ3n) is 4.20. The van der Waals surface area contributed by atoms with Gasteiger partial charge >= 0.3 is 0 Å². The molecule has 6 nitrogen and oxygen atoms in total. The quantitative estimate of drug-likeness (QED) is 0.713. The van der Waals surface area contributed by atoms with Crippen molar-refractivity contribution >= 4 is 9.84 Å². The normalized spacial score (nSPS) is 19.6. The highest BCUT2D eigenvalue weighted by atomic mass is 32.2. The predicted molar refractivity (Wildman–Crippen MR) is 92.3 cm³/mol. The number of rotatable bonds is 7. The fourth-order valence-electron chi connectivity index (χ4n) is 2.95. The molecule has 1 saturated heterocycles. The standard InChI is InChI=1S/C17H21N3O3S/c1-2-10-20(15-9-12-24(21,22)13-15)11-8-16-18-17(19-23-16)14-6-4-3-5-7-14/h2-7,15H,1,8-13H2. The average molecular weight is 347 g/mol. The summed E-state index contributed by atoms with van der Waals surface area (Å²) in [7, 11) is -2.90. The van der Waals surface area contributed by atoms with Crippen LogP contribution in [0.2, 0.25) is 0 Å². The Labute approximate surface area is 142 Å². The van der Waals surface area contributed by atoms with Gasteiger partial charge in [0.15, 0.2) is 9.84 Å². The highest BCUT2D eigenvalue weighted by Crippen LogP contribution is 2.19. The molecule has 24 heavy (non-hydrogen) atoms. The Morgan fingerprint density at radius 2 is 2.12 bits per heavy atom. The Hall–Kier alpha value is -1.99. The van der Waals surface area contributed by atoms with Crippen LogP contribution in [0.4, 0.5) is 0 Å². The van der Waals surface area contributed by atoms with Crippen LogP contribution in [-0.2, 0) is 16.3 Å². The van der Waals surface area contributed by atoms with Crippen molar-refractivity contribution in [1.82, 2.24) is 15.0 Å². The Balaban J connectivity index is 1.63. The molecule has 1 aromatic heterocycles. The van der Waals surface area contributed by atoms with Crippen molar-refractivity contribution in [2.45, 2.75) is 18.9 Å². The summed E-state index contributed by atoms with van der Waals surface area (Å²) in [4.78, 5) is 6.55. The molecular weight excluding hydrogens is 326 g/mol. The third kappa shape index (κ3) is 4.10. The van der Waals surface area contributed by atoms with Gasteiger partial charge in [0.1, 0.15) is 0 Å². The van der Waals surface area contributed by atoms with Crippen LogP contribution in [0.5, 0.6) is 0 Å². The molecule has 1 aliphatic rings. The van der Waals surface area contributed by atoms with Crippen LogP contribution in [-0.4, -0.2) is 54.1 Å². The van der Waals surface area contributed by atoms with Crippen LogP contribution < -0.4 is 0 Å². The Bertz CT molecular complexity index is 786. The highest BCUT2D eigenvalue weighted by molar-refractivity contribution is 7.91. The van der Waals surface area contributed by atoms with Gasteiger partial charge < -0.3 is 4.52 Å². The lowest BCUT2D eigenvalue weighted by Crippen LogP contribution is -2.37. The lowest BCUT2D eigenvalue weighted by atomic mass is 10.2. The largest absolute Gasteiger partial charge is 0.339 e. The molecule has 1 aliphatic heterocycles. The molecule has 1 atom stereocenters. The first-order valence-corrected chi connectivity index (χ1v) is 9.83. The molecule has 1 aromatic carbocycles. The van der Waals surface area contributed by atoms with Gasteiger partial charge in [-0.25, -0.2) is 8.42 Å². The second kappa shape index (κ2) is 7.27. The summed E-state index contributed by atoms with van der Waals surface area (Å²) < 4.78 is 28.7. The molecule has 0 radical (unpaired) electrons. The van der Waals surface area contributed by atoms with Gasteiger partial charge in [0.2, 0.25) is 11.7 Å². The molecule has 3 rings (SSSR count). The maximum absolute atomic E-state index is 11.7. The minimum absolute atomic E-state index is 0.0458. The van der Waals surface area contributed by atoms with Crippen molar-refractivity contribution in [3.05, 3.63) is 48.9 Å². The van der Waals surface area contributed by atoms with Gasteiger partial charge in [-0.05, 0) is 6.42 Å². The van der Waals surface area contributed by atoms with Gasteiger partial charge in [-0.15, -0.1) is 6.58 Å².